The zero-order valence-electron chi connectivity index (χ0n) is 10.3. The minimum atomic E-state index is 0.560. The Morgan fingerprint density at radius 3 is 2.72 bits per heavy atom. The van der Waals surface area contributed by atoms with Crippen LogP contribution in [-0.4, -0.2) is 25.6 Å². The molecule has 2 fully saturated rings. The van der Waals surface area contributed by atoms with E-state index in [4.69, 9.17) is 0 Å². The molecule has 0 unspecified atom stereocenters. The summed E-state index contributed by atoms with van der Waals surface area (Å²) >= 11 is 0. The third-order valence-corrected chi connectivity index (χ3v) is 3.99. The molecule has 5 nitrogen and oxygen atoms in total. The lowest BCUT2D eigenvalue weighted by Crippen LogP contribution is -2.16. The van der Waals surface area contributed by atoms with Crippen molar-refractivity contribution in [1.82, 2.24) is 19.6 Å². The zero-order valence-corrected chi connectivity index (χ0v) is 10.3. The first-order chi connectivity index (χ1) is 8.92. The fourth-order valence-electron chi connectivity index (χ4n) is 2.83. The van der Waals surface area contributed by atoms with Gasteiger partial charge in [-0.3, -0.25) is 4.40 Å². The Kier molecular flexibility index (Phi) is 2.25. The third-order valence-electron chi connectivity index (χ3n) is 3.99. The lowest BCUT2D eigenvalue weighted by Gasteiger charge is -2.12. The number of aromatic nitrogens is 4. The summed E-state index contributed by atoms with van der Waals surface area (Å²) in [6.07, 6.45) is 11.4. The summed E-state index contributed by atoms with van der Waals surface area (Å²) in [7, 11) is 0. The second-order valence-corrected chi connectivity index (χ2v) is 5.43. The van der Waals surface area contributed by atoms with Crippen molar-refractivity contribution >= 4 is 11.5 Å². The SMILES string of the molecule is c1cn2c(C3CC3)nnc2c(NC2CCCC2)n1. The standard InChI is InChI=1S/C13H17N5/c1-2-4-10(3-1)15-11-13-17-16-12(9-5-6-9)18(13)8-7-14-11/h7-10H,1-6H2,(H,14,15). The Balaban J connectivity index is 1.71. The highest BCUT2D eigenvalue weighted by atomic mass is 15.3. The van der Waals surface area contributed by atoms with E-state index in [9.17, 15) is 0 Å². The van der Waals surface area contributed by atoms with Crippen LogP contribution in [0.4, 0.5) is 5.82 Å². The molecule has 94 valence electrons. The summed E-state index contributed by atoms with van der Waals surface area (Å²) in [4.78, 5) is 4.43. The van der Waals surface area contributed by atoms with Crippen molar-refractivity contribution in [3.8, 4) is 0 Å². The van der Waals surface area contributed by atoms with Gasteiger partial charge < -0.3 is 5.32 Å². The zero-order chi connectivity index (χ0) is 11.9. The largest absolute Gasteiger partial charge is 0.364 e. The molecule has 0 aromatic carbocycles. The Morgan fingerprint density at radius 2 is 1.94 bits per heavy atom. The molecule has 0 spiro atoms. The van der Waals surface area contributed by atoms with E-state index in [0.717, 1.165) is 17.3 Å². The molecule has 5 heteroatoms. The van der Waals surface area contributed by atoms with E-state index in [1.54, 1.807) is 0 Å². The Bertz CT molecular complexity index is 566. The van der Waals surface area contributed by atoms with Gasteiger partial charge >= 0.3 is 0 Å². The van der Waals surface area contributed by atoms with Crippen LogP contribution in [-0.2, 0) is 0 Å². The van der Waals surface area contributed by atoms with Gasteiger partial charge in [-0.05, 0) is 25.7 Å². The van der Waals surface area contributed by atoms with E-state index in [2.05, 4.69) is 24.9 Å². The molecule has 2 aromatic heterocycles. The van der Waals surface area contributed by atoms with Crippen LogP contribution in [0.5, 0.6) is 0 Å². The quantitative estimate of drug-likeness (QED) is 0.899. The minimum absolute atomic E-state index is 0.560. The van der Waals surface area contributed by atoms with Gasteiger partial charge in [-0.2, -0.15) is 0 Å². The van der Waals surface area contributed by atoms with Gasteiger partial charge in [0, 0.05) is 24.4 Å². The summed E-state index contributed by atoms with van der Waals surface area (Å²) in [6.45, 7) is 0. The maximum Gasteiger partial charge on any atom is 0.203 e. The summed E-state index contributed by atoms with van der Waals surface area (Å²) in [5, 5.41) is 12.2. The Morgan fingerprint density at radius 1 is 1.11 bits per heavy atom. The van der Waals surface area contributed by atoms with Crippen molar-refractivity contribution in [2.24, 2.45) is 0 Å². The topological polar surface area (TPSA) is 55.1 Å². The lowest BCUT2D eigenvalue weighted by molar-refractivity contribution is 0.750. The van der Waals surface area contributed by atoms with Gasteiger partial charge in [-0.25, -0.2) is 4.98 Å². The van der Waals surface area contributed by atoms with Crippen LogP contribution in [0.1, 0.15) is 50.3 Å². The van der Waals surface area contributed by atoms with Crippen LogP contribution in [0.15, 0.2) is 12.4 Å². The normalized spacial score (nSPS) is 20.7. The van der Waals surface area contributed by atoms with Crippen LogP contribution in [0.25, 0.3) is 5.65 Å². The predicted octanol–water partition coefficient (Wildman–Crippen LogP) is 2.36. The van der Waals surface area contributed by atoms with Crippen molar-refractivity contribution in [3.63, 3.8) is 0 Å². The molecule has 0 amide bonds. The highest BCUT2D eigenvalue weighted by Gasteiger charge is 2.29. The predicted molar refractivity (Wildman–Crippen MR) is 68.6 cm³/mol. The van der Waals surface area contributed by atoms with Crippen molar-refractivity contribution in [2.45, 2.75) is 50.5 Å². The maximum absolute atomic E-state index is 4.43. The van der Waals surface area contributed by atoms with E-state index in [1.165, 1.54) is 38.5 Å². The number of rotatable bonds is 3. The van der Waals surface area contributed by atoms with E-state index in [-0.39, 0.29) is 0 Å². The van der Waals surface area contributed by atoms with Crippen molar-refractivity contribution in [1.29, 1.82) is 0 Å². The number of fused-ring (bicyclic) bond motifs is 1. The van der Waals surface area contributed by atoms with Gasteiger partial charge in [0.1, 0.15) is 5.82 Å². The molecule has 4 rings (SSSR count). The van der Waals surface area contributed by atoms with Gasteiger partial charge in [-0.1, -0.05) is 12.8 Å². The second-order valence-electron chi connectivity index (χ2n) is 5.43. The molecule has 0 atom stereocenters. The van der Waals surface area contributed by atoms with Crippen molar-refractivity contribution < 1.29 is 0 Å². The average Bonchev–Trinajstić information content (AvgIpc) is 2.93. The van der Waals surface area contributed by atoms with Crippen LogP contribution in [0.3, 0.4) is 0 Å². The molecular formula is C13H17N5. The van der Waals surface area contributed by atoms with Gasteiger partial charge in [0.2, 0.25) is 5.65 Å². The van der Waals surface area contributed by atoms with Gasteiger partial charge in [-0.15, -0.1) is 10.2 Å². The van der Waals surface area contributed by atoms with Gasteiger partial charge in [0.05, 0.1) is 0 Å². The maximum atomic E-state index is 4.43. The molecule has 2 saturated carbocycles. The summed E-state index contributed by atoms with van der Waals surface area (Å²) in [5.74, 6) is 2.60. The first-order valence-corrected chi connectivity index (χ1v) is 6.88. The fourth-order valence-corrected chi connectivity index (χ4v) is 2.83. The Hall–Kier alpha value is -1.65. The van der Waals surface area contributed by atoms with Crippen LogP contribution in [0, 0.1) is 0 Å². The Labute approximate surface area is 106 Å². The molecular weight excluding hydrogens is 226 g/mol. The molecule has 2 aliphatic rings. The number of hydrogen-bond donors (Lipinski definition) is 1. The third kappa shape index (κ3) is 1.65. The highest BCUT2D eigenvalue weighted by molar-refractivity contribution is 5.62. The lowest BCUT2D eigenvalue weighted by atomic mass is 10.2. The smallest absolute Gasteiger partial charge is 0.203 e. The molecule has 18 heavy (non-hydrogen) atoms. The molecule has 0 aliphatic heterocycles. The molecule has 0 radical (unpaired) electrons. The van der Waals surface area contributed by atoms with Crippen LogP contribution in [0.2, 0.25) is 0 Å². The molecule has 2 aromatic rings. The van der Waals surface area contributed by atoms with E-state index in [1.807, 2.05) is 12.4 Å². The molecule has 0 saturated heterocycles. The first kappa shape index (κ1) is 10.3. The summed E-state index contributed by atoms with van der Waals surface area (Å²) in [5.41, 5.74) is 0.881. The average molecular weight is 243 g/mol. The van der Waals surface area contributed by atoms with E-state index < -0.39 is 0 Å². The second kappa shape index (κ2) is 3.93. The summed E-state index contributed by atoms with van der Waals surface area (Å²) < 4.78 is 2.10. The van der Waals surface area contributed by atoms with Crippen molar-refractivity contribution in [2.75, 3.05) is 5.32 Å². The number of hydrogen-bond acceptors (Lipinski definition) is 4. The molecule has 0 bridgehead atoms. The van der Waals surface area contributed by atoms with Crippen LogP contribution < -0.4 is 5.32 Å². The minimum Gasteiger partial charge on any atom is -0.364 e. The van der Waals surface area contributed by atoms with E-state index >= 15 is 0 Å². The molecule has 2 aliphatic carbocycles. The number of anilines is 1. The monoisotopic (exact) mass is 243 g/mol. The van der Waals surface area contributed by atoms with Crippen LogP contribution >= 0.6 is 0 Å². The summed E-state index contributed by atoms with van der Waals surface area (Å²) in [6, 6.07) is 0.560. The molecule has 1 N–H and O–H groups in total. The van der Waals surface area contributed by atoms with E-state index in [0.29, 0.717) is 12.0 Å². The van der Waals surface area contributed by atoms with Crippen molar-refractivity contribution in [3.05, 3.63) is 18.2 Å². The van der Waals surface area contributed by atoms with Gasteiger partial charge in [0.15, 0.2) is 5.82 Å². The number of nitrogens with zero attached hydrogens (tertiary/aromatic N) is 4. The first-order valence-electron chi connectivity index (χ1n) is 6.88. The van der Waals surface area contributed by atoms with Gasteiger partial charge in [0.25, 0.3) is 0 Å². The number of nitrogens with one attached hydrogen (secondary N) is 1. The fraction of sp³-hybridized carbons (Fsp3) is 0.615. The highest BCUT2D eigenvalue weighted by Crippen LogP contribution is 2.39. The molecule has 2 heterocycles.